The van der Waals surface area contributed by atoms with Gasteiger partial charge >= 0.3 is 5.97 Å². The first-order valence-corrected chi connectivity index (χ1v) is 6.04. The minimum absolute atomic E-state index is 0.563. The molecule has 94 valence electrons. The van der Waals surface area contributed by atoms with Crippen LogP contribution in [0.15, 0.2) is 18.2 Å². The summed E-state index contributed by atoms with van der Waals surface area (Å²) in [7, 11) is 0. The molecule has 1 atom stereocenters. The van der Waals surface area contributed by atoms with Crippen LogP contribution in [0.3, 0.4) is 0 Å². The maximum Gasteiger partial charge on any atom is 0.329 e. The van der Waals surface area contributed by atoms with Gasteiger partial charge in [0.1, 0.15) is 5.54 Å². The summed E-state index contributed by atoms with van der Waals surface area (Å²) >= 11 is 6.01. The average Bonchev–Trinajstić information content (AvgIpc) is 2.23. The van der Waals surface area contributed by atoms with Crippen molar-refractivity contribution >= 4 is 23.3 Å². The zero-order valence-corrected chi connectivity index (χ0v) is 11.1. The van der Waals surface area contributed by atoms with Gasteiger partial charge in [0.2, 0.25) is 0 Å². The number of carboxylic acid groups (broad SMARTS) is 1. The van der Waals surface area contributed by atoms with Gasteiger partial charge in [0, 0.05) is 10.7 Å². The van der Waals surface area contributed by atoms with Crippen LogP contribution in [0.1, 0.15) is 32.3 Å². The third-order valence-electron chi connectivity index (χ3n) is 2.81. The molecule has 0 fully saturated rings. The molecule has 0 saturated heterocycles. The molecule has 0 spiro atoms. The van der Waals surface area contributed by atoms with Crippen molar-refractivity contribution in [2.75, 3.05) is 5.32 Å². The number of hydrogen-bond donors (Lipinski definition) is 2. The van der Waals surface area contributed by atoms with Crippen LogP contribution in [0.25, 0.3) is 0 Å². The Bertz CT molecular complexity index is 420. The largest absolute Gasteiger partial charge is 0.480 e. The van der Waals surface area contributed by atoms with E-state index in [0.29, 0.717) is 11.4 Å². The molecule has 1 aromatic rings. The lowest BCUT2D eigenvalue weighted by molar-refractivity contribution is -0.141. The van der Waals surface area contributed by atoms with Gasteiger partial charge in [-0.2, -0.15) is 0 Å². The molecular weight excluding hydrogens is 238 g/mol. The first-order valence-electron chi connectivity index (χ1n) is 5.67. The van der Waals surface area contributed by atoms with E-state index < -0.39 is 11.5 Å². The van der Waals surface area contributed by atoms with Crippen LogP contribution in [0, 0.1) is 6.92 Å². The lowest BCUT2D eigenvalue weighted by Crippen LogP contribution is -2.43. The molecule has 4 heteroatoms. The van der Waals surface area contributed by atoms with Crippen molar-refractivity contribution in [2.45, 2.75) is 39.2 Å². The van der Waals surface area contributed by atoms with E-state index in [9.17, 15) is 9.90 Å². The fourth-order valence-corrected chi connectivity index (χ4v) is 1.89. The van der Waals surface area contributed by atoms with E-state index in [-0.39, 0.29) is 0 Å². The van der Waals surface area contributed by atoms with Crippen LogP contribution in [0.4, 0.5) is 5.69 Å². The topological polar surface area (TPSA) is 49.3 Å². The molecule has 17 heavy (non-hydrogen) atoms. The number of halogens is 1. The number of hydrogen-bond acceptors (Lipinski definition) is 2. The Hall–Kier alpha value is -1.22. The highest BCUT2D eigenvalue weighted by Crippen LogP contribution is 2.25. The number of aryl methyl sites for hydroxylation is 1. The zero-order valence-electron chi connectivity index (χ0n) is 10.4. The summed E-state index contributed by atoms with van der Waals surface area (Å²) in [6.07, 6.45) is 1.36. The molecule has 0 aromatic heterocycles. The smallest absolute Gasteiger partial charge is 0.329 e. The lowest BCUT2D eigenvalue weighted by atomic mass is 9.96. The quantitative estimate of drug-likeness (QED) is 0.843. The Morgan fingerprint density at radius 3 is 2.65 bits per heavy atom. The summed E-state index contributed by atoms with van der Waals surface area (Å²) < 4.78 is 0. The predicted octanol–water partition coefficient (Wildman–Crippen LogP) is 3.70. The van der Waals surface area contributed by atoms with Crippen molar-refractivity contribution in [3.63, 3.8) is 0 Å². The number of aliphatic carboxylic acids is 1. The van der Waals surface area contributed by atoms with Crippen LogP contribution < -0.4 is 5.32 Å². The molecule has 0 aliphatic rings. The molecule has 1 unspecified atom stereocenters. The highest BCUT2D eigenvalue weighted by atomic mass is 35.5. The summed E-state index contributed by atoms with van der Waals surface area (Å²) in [6, 6.07) is 5.48. The van der Waals surface area contributed by atoms with E-state index in [4.69, 9.17) is 11.6 Å². The van der Waals surface area contributed by atoms with Gasteiger partial charge in [0.15, 0.2) is 0 Å². The van der Waals surface area contributed by atoms with E-state index in [0.717, 1.165) is 17.7 Å². The van der Waals surface area contributed by atoms with Crippen LogP contribution in [-0.4, -0.2) is 16.6 Å². The van der Waals surface area contributed by atoms with E-state index in [1.807, 2.05) is 26.0 Å². The molecular formula is C13H18ClNO2. The first-order chi connectivity index (χ1) is 7.89. The maximum atomic E-state index is 11.3. The zero-order chi connectivity index (χ0) is 13.1. The van der Waals surface area contributed by atoms with Gasteiger partial charge in [-0.25, -0.2) is 4.79 Å². The first kappa shape index (κ1) is 13.8. The number of nitrogens with one attached hydrogen (secondary N) is 1. The summed E-state index contributed by atoms with van der Waals surface area (Å²) in [5.41, 5.74) is 0.761. The van der Waals surface area contributed by atoms with Crippen LogP contribution in [0.2, 0.25) is 5.02 Å². The second-order valence-electron chi connectivity index (χ2n) is 4.48. The average molecular weight is 256 g/mol. The third-order valence-corrected chi connectivity index (χ3v) is 3.22. The molecule has 0 heterocycles. The van der Waals surface area contributed by atoms with Gasteiger partial charge in [-0.3, -0.25) is 0 Å². The molecule has 2 N–H and O–H groups in total. The van der Waals surface area contributed by atoms with Gasteiger partial charge in [-0.05, 0) is 38.0 Å². The van der Waals surface area contributed by atoms with Crippen LogP contribution in [0.5, 0.6) is 0 Å². The number of benzene rings is 1. The SMILES string of the molecule is CCCC(C)(Nc1ccc(C)c(Cl)c1)C(=O)O. The summed E-state index contributed by atoms with van der Waals surface area (Å²) in [6.45, 7) is 5.56. The molecule has 0 aliphatic heterocycles. The minimum Gasteiger partial charge on any atom is -0.480 e. The molecule has 0 saturated carbocycles. The number of carbonyl (C=O) groups is 1. The highest BCUT2D eigenvalue weighted by Gasteiger charge is 2.31. The number of carboxylic acids is 1. The standard InChI is InChI=1S/C13H18ClNO2/c1-4-7-13(3,12(16)17)15-10-6-5-9(2)11(14)8-10/h5-6,8,15H,4,7H2,1-3H3,(H,16,17). The maximum absolute atomic E-state index is 11.3. The second kappa shape index (κ2) is 5.41. The highest BCUT2D eigenvalue weighted by molar-refractivity contribution is 6.31. The van der Waals surface area contributed by atoms with Crippen molar-refractivity contribution in [3.8, 4) is 0 Å². The monoisotopic (exact) mass is 255 g/mol. The normalized spacial score (nSPS) is 14.1. The fraction of sp³-hybridized carbons (Fsp3) is 0.462. The van der Waals surface area contributed by atoms with Crippen LogP contribution >= 0.6 is 11.6 Å². The molecule has 3 nitrogen and oxygen atoms in total. The van der Waals surface area contributed by atoms with E-state index in [2.05, 4.69) is 5.32 Å². The van der Waals surface area contributed by atoms with Gasteiger partial charge in [-0.15, -0.1) is 0 Å². The summed E-state index contributed by atoms with van der Waals surface area (Å²) in [4.78, 5) is 11.3. The number of rotatable bonds is 5. The van der Waals surface area contributed by atoms with E-state index in [1.54, 1.807) is 13.0 Å². The Labute approximate surface area is 107 Å². The fourth-order valence-electron chi connectivity index (χ4n) is 1.71. The molecule has 0 aliphatic carbocycles. The third kappa shape index (κ3) is 3.37. The molecule has 0 radical (unpaired) electrons. The van der Waals surface area contributed by atoms with Gasteiger partial charge in [0.05, 0.1) is 0 Å². The Morgan fingerprint density at radius 1 is 1.53 bits per heavy atom. The van der Waals surface area contributed by atoms with Gasteiger partial charge in [-0.1, -0.05) is 31.0 Å². The minimum atomic E-state index is -0.951. The van der Waals surface area contributed by atoms with Crippen LogP contribution in [-0.2, 0) is 4.79 Å². The van der Waals surface area contributed by atoms with Gasteiger partial charge in [0.25, 0.3) is 0 Å². The summed E-state index contributed by atoms with van der Waals surface area (Å²) in [5, 5.41) is 12.9. The lowest BCUT2D eigenvalue weighted by Gasteiger charge is -2.27. The molecule has 0 bridgehead atoms. The van der Waals surface area contributed by atoms with E-state index in [1.165, 1.54) is 0 Å². The molecule has 1 rings (SSSR count). The van der Waals surface area contributed by atoms with Crippen molar-refractivity contribution in [1.29, 1.82) is 0 Å². The van der Waals surface area contributed by atoms with Crippen molar-refractivity contribution in [1.82, 2.24) is 0 Å². The van der Waals surface area contributed by atoms with Crippen molar-refractivity contribution in [3.05, 3.63) is 28.8 Å². The Kier molecular flexibility index (Phi) is 4.40. The predicted molar refractivity (Wildman–Crippen MR) is 70.8 cm³/mol. The Balaban J connectivity index is 2.94. The Morgan fingerprint density at radius 2 is 2.18 bits per heavy atom. The number of anilines is 1. The van der Waals surface area contributed by atoms with Crippen molar-refractivity contribution in [2.24, 2.45) is 0 Å². The van der Waals surface area contributed by atoms with Crippen molar-refractivity contribution < 1.29 is 9.90 Å². The summed E-state index contributed by atoms with van der Waals surface area (Å²) in [5.74, 6) is -0.851. The molecule has 1 aromatic carbocycles. The molecule has 0 amide bonds. The van der Waals surface area contributed by atoms with E-state index >= 15 is 0 Å². The van der Waals surface area contributed by atoms with Gasteiger partial charge < -0.3 is 10.4 Å². The second-order valence-corrected chi connectivity index (χ2v) is 4.88.